The van der Waals surface area contributed by atoms with Gasteiger partial charge in [0.15, 0.2) is 0 Å². The summed E-state index contributed by atoms with van der Waals surface area (Å²) in [7, 11) is -3.55. The third kappa shape index (κ3) is 4.97. The Balaban J connectivity index is 2.73. The molecule has 1 heterocycles. The number of sulfonamides is 1. The standard InChI is InChI=1S/C11H18N2O7S/c1-21(19,20)13-6-2-3-8(13)10(16)12-7(11(17)18)4-5-9(14)15/h7-8H,2-6H2,1H3,(H,12,16)(H,14,15)(H,17,18). The van der Waals surface area contributed by atoms with E-state index in [9.17, 15) is 22.8 Å². The molecule has 1 aliphatic heterocycles. The minimum absolute atomic E-state index is 0.212. The van der Waals surface area contributed by atoms with Crippen molar-refractivity contribution in [3.8, 4) is 0 Å². The molecule has 2 atom stereocenters. The van der Waals surface area contributed by atoms with E-state index >= 15 is 0 Å². The summed E-state index contributed by atoms with van der Waals surface area (Å²) < 4.78 is 24.1. The largest absolute Gasteiger partial charge is 0.481 e. The Labute approximate surface area is 122 Å². The molecule has 2 unspecified atom stereocenters. The lowest BCUT2D eigenvalue weighted by Gasteiger charge is -2.23. The van der Waals surface area contributed by atoms with Gasteiger partial charge in [-0.15, -0.1) is 0 Å². The number of rotatable bonds is 7. The fourth-order valence-corrected chi connectivity index (χ4v) is 3.32. The van der Waals surface area contributed by atoms with Crippen LogP contribution in [0.4, 0.5) is 0 Å². The summed E-state index contributed by atoms with van der Waals surface area (Å²) in [6.07, 6.45) is 1.14. The van der Waals surface area contributed by atoms with Crippen molar-refractivity contribution < 1.29 is 33.0 Å². The van der Waals surface area contributed by atoms with E-state index in [4.69, 9.17) is 10.2 Å². The van der Waals surface area contributed by atoms with Crippen LogP contribution < -0.4 is 5.32 Å². The highest BCUT2D eigenvalue weighted by atomic mass is 32.2. The zero-order valence-corrected chi connectivity index (χ0v) is 12.3. The number of hydrogen-bond donors (Lipinski definition) is 3. The fraction of sp³-hybridized carbons (Fsp3) is 0.727. The van der Waals surface area contributed by atoms with E-state index in [2.05, 4.69) is 5.32 Å². The van der Waals surface area contributed by atoms with E-state index in [1.54, 1.807) is 0 Å². The highest BCUT2D eigenvalue weighted by Crippen LogP contribution is 2.20. The SMILES string of the molecule is CS(=O)(=O)N1CCCC1C(=O)NC(CCC(=O)O)C(=O)O. The normalized spacial score (nSPS) is 20.9. The van der Waals surface area contributed by atoms with Gasteiger partial charge in [0.25, 0.3) is 0 Å². The lowest BCUT2D eigenvalue weighted by atomic mass is 10.1. The van der Waals surface area contributed by atoms with E-state index in [1.807, 2.05) is 0 Å². The summed E-state index contributed by atoms with van der Waals surface area (Å²) in [5.41, 5.74) is 0. The molecule has 1 amide bonds. The summed E-state index contributed by atoms with van der Waals surface area (Å²) >= 11 is 0. The molecule has 1 rings (SSSR count). The molecule has 1 aliphatic rings. The van der Waals surface area contributed by atoms with E-state index in [0.717, 1.165) is 10.6 Å². The van der Waals surface area contributed by atoms with Gasteiger partial charge in [-0.1, -0.05) is 0 Å². The molecule has 21 heavy (non-hydrogen) atoms. The van der Waals surface area contributed by atoms with E-state index in [-0.39, 0.29) is 13.0 Å². The molecule has 1 fully saturated rings. The number of aliphatic carboxylic acids is 2. The van der Waals surface area contributed by atoms with Gasteiger partial charge in [-0.2, -0.15) is 4.31 Å². The number of nitrogens with zero attached hydrogens (tertiary/aromatic N) is 1. The van der Waals surface area contributed by atoms with Crippen LogP contribution >= 0.6 is 0 Å². The lowest BCUT2D eigenvalue weighted by molar-refractivity contribution is -0.143. The first-order valence-corrected chi connectivity index (χ1v) is 8.19. The topological polar surface area (TPSA) is 141 Å². The third-order valence-electron chi connectivity index (χ3n) is 3.19. The van der Waals surface area contributed by atoms with Crippen LogP contribution in [-0.4, -0.2) is 65.7 Å². The van der Waals surface area contributed by atoms with Crippen LogP contribution in [0.15, 0.2) is 0 Å². The number of amides is 1. The average molecular weight is 322 g/mol. The zero-order chi connectivity index (χ0) is 16.2. The number of nitrogens with one attached hydrogen (secondary N) is 1. The number of carboxylic acids is 2. The number of carbonyl (C=O) groups is 3. The third-order valence-corrected chi connectivity index (χ3v) is 4.48. The van der Waals surface area contributed by atoms with Gasteiger partial charge in [0, 0.05) is 13.0 Å². The van der Waals surface area contributed by atoms with Crippen molar-refractivity contribution in [1.29, 1.82) is 0 Å². The molecule has 0 bridgehead atoms. The number of carboxylic acid groups (broad SMARTS) is 2. The Bertz CT molecular complexity index is 531. The average Bonchev–Trinajstić information content (AvgIpc) is 2.82. The molecular weight excluding hydrogens is 304 g/mol. The second-order valence-electron chi connectivity index (χ2n) is 4.86. The molecule has 10 heteroatoms. The summed E-state index contributed by atoms with van der Waals surface area (Å²) in [6, 6.07) is -2.29. The molecule has 0 saturated carbocycles. The molecule has 1 saturated heterocycles. The van der Waals surface area contributed by atoms with Crippen molar-refractivity contribution in [3.63, 3.8) is 0 Å². The van der Waals surface area contributed by atoms with Crippen LogP contribution in [0.25, 0.3) is 0 Å². The van der Waals surface area contributed by atoms with Crippen LogP contribution in [0.2, 0.25) is 0 Å². The van der Waals surface area contributed by atoms with Crippen LogP contribution in [0, 0.1) is 0 Å². The summed E-state index contributed by atoms with van der Waals surface area (Å²) in [5.74, 6) is -3.24. The van der Waals surface area contributed by atoms with Gasteiger partial charge >= 0.3 is 11.9 Å². The maximum Gasteiger partial charge on any atom is 0.326 e. The highest BCUT2D eigenvalue weighted by molar-refractivity contribution is 7.88. The maximum absolute atomic E-state index is 12.0. The van der Waals surface area contributed by atoms with Gasteiger partial charge in [-0.25, -0.2) is 13.2 Å². The van der Waals surface area contributed by atoms with E-state index in [1.165, 1.54) is 0 Å². The first kappa shape index (κ1) is 17.4. The molecule has 3 N–H and O–H groups in total. The fourth-order valence-electron chi connectivity index (χ4n) is 2.19. The van der Waals surface area contributed by atoms with Gasteiger partial charge in [-0.3, -0.25) is 9.59 Å². The summed E-state index contributed by atoms with van der Waals surface area (Å²) in [6.45, 7) is 0.212. The molecule has 0 radical (unpaired) electrons. The first-order valence-electron chi connectivity index (χ1n) is 6.34. The molecule has 120 valence electrons. The summed E-state index contributed by atoms with van der Waals surface area (Å²) in [4.78, 5) is 33.5. The number of carbonyl (C=O) groups excluding carboxylic acids is 1. The lowest BCUT2D eigenvalue weighted by Crippen LogP contribution is -2.50. The predicted octanol–water partition coefficient (Wildman–Crippen LogP) is -1.16. The predicted molar refractivity (Wildman–Crippen MR) is 71.0 cm³/mol. The van der Waals surface area contributed by atoms with Gasteiger partial charge in [0.1, 0.15) is 12.1 Å². The van der Waals surface area contributed by atoms with E-state index < -0.39 is 46.4 Å². The Kier molecular flexibility index (Phi) is 5.67. The van der Waals surface area contributed by atoms with Gasteiger partial charge < -0.3 is 15.5 Å². The highest BCUT2D eigenvalue weighted by Gasteiger charge is 2.37. The van der Waals surface area contributed by atoms with Crippen molar-refractivity contribution in [2.24, 2.45) is 0 Å². The van der Waals surface area contributed by atoms with Gasteiger partial charge in [0.2, 0.25) is 15.9 Å². The first-order chi connectivity index (χ1) is 9.62. The summed E-state index contributed by atoms with van der Waals surface area (Å²) in [5, 5.41) is 19.7. The maximum atomic E-state index is 12.0. The van der Waals surface area contributed by atoms with E-state index in [0.29, 0.717) is 12.8 Å². The minimum Gasteiger partial charge on any atom is -0.481 e. The second kappa shape index (κ2) is 6.85. The molecule has 0 aromatic heterocycles. The molecule has 9 nitrogen and oxygen atoms in total. The molecule has 0 aliphatic carbocycles. The molecule has 0 spiro atoms. The monoisotopic (exact) mass is 322 g/mol. The van der Waals surface area contributed by atoms with Crippen molar-refractivity contribution >= 4 is 27.9 Å². The van der Waals surface area contributed by atoms with Crippen LogP contribution in [-0.2, 0) is 24.4 Å². The molecular formula is C11H18N2O7S. The Morgan fingerprint density at radius 2 is 1.95 bits per heavy atom. The quantitative estimate of drug-likeness (QED) is 0.537. The molecule has 0 aromatic rings. The van der Waals surface area contributed by atoms with Crippen LogP contribution in [0.3, 0.4) is 0 Å². The number of hydrogen-bond acceptors (Lipinski definition) is 5. The van der Waals surface area contributed by atoms with Gasteiger partial charge in [0.05, 0.1) is 6.26 Å². The van der Waals surface area contributed by atoms with Crippen molar-refractivity contribution in [3.05, 3.63) is 0 Å². The Hall–Kier alpha value is -1.68. The van der Waals surface area contributed by atoms with Crippen LogP contribution in [0.1, 0.15) is 25.7 Å². The van der Waals surface area contributed by atoms with Crippen molar-refractivity contribution in [2.75, 3.05) is 12.8 Å². The van der Waals surface area contributed by atoms with Crippen molar-refractivity contribution in [1.82, 2.24) is 9.62 Å². The van der Waals surface area contributed by atoms with Gasteiger partial charge in [-0.05, 0) is 19.3 Å². The van der Waals surface area contributed by atoms with Crippen molar-refractivity contribution in [2.45, 2.75) is 37.8 Å². The van der Waals surface area contributed by atoms with Crippen LogP contribution in [0.5, 0.6) is 0 Å². The Morgan fingerprint density at radius 1 is 1.33 bits per heavy atom. The zero-order valence-electron chi connectivity index (χ0n) is 11.5. The smallest absolute Gasteiger partial charge is 0.326 e. The molecule has 0 aromatic carbocycles. The minimum atomic E-state index is -3.55. The Morgan fingerprint density at radius 3 is 2.43 bits per heavy atom. The second-order valence-corrected chi connectivity index (χ2v) is 6.80.